The lowest BCUT2D eigenvalue weighted by Crippen LogP contribution is -2.21. The van der Waals surface area contributed by atoms with Gasteiger partial charge in [0.1, 0.15) is 11.2 Å². The molecule has 0 amide bonds. The summed E-state index contributed by atoms with van der Waals surface area (Å²) in [4.78, 5) is 0. The molecule has 3 nitrogen and oxygen atoms in total. The Kier molecular flexibility index (Phi) is 3.37. The summed E-state index contributed by atoms with van der Waals surface area (Å²) in [5.74, 6) is 0. The number of hydrogen-bond acceptors (Lipinski definition) is 3. The van der Waals surface area contributed by atoms with Gasteiger partial charge in [0.2, 0.25) is 0 Å². The van der Waals surface area contributed by atoms with E-state index in [2.05, 4.69) is 28.2 Å². The smallest absolute Gasteiger partial charge is 0.149 e. The SMILES string of the molecule is CNC(C)CCc1c2ccoc2c(Br)c2ccoc12. The molecule has 1 atom stereocenters. The highest BCUT2D eigenvalue weighted by molar-refractivity contribution is 9.10. The van der Waals surface area contributed by atoms with Crippen LogP contribution in [0.1, 0.15) is 18.9 Å². The Bertz CT molecular complexity index is 662. The van der Waals surface area contributed by atoms with Gasteiger partial charge in [-0.05, 0) is 54.9 Å². The van der Waals surface area contributed by atoms with E-state index in [4.69, 9.17) is 8.83 Å². The summed E-state index contributed by atoms with van der Waals surface area (Å²) in [6, 6.07) is 4.48. The molecule has 0 bridgehead atoms. The number of aryl methyl sites for hydroxylation is 1. The maximum absolute atomic E-state index is 5.68. The van der Waals surface area contributed by atoms with Gasteiger partial charge in [0.05, 0.1) is 17.0 Å². The lowest BCUT2D eigenvalue weighted by Gasteiger charge is -2.11. The van der Waals surface area contributed by atoms with E-state index in [9.17, 15) is 0 Å². The third-order valence-electron chi connectivity index (χ3n) is 3.69. The lowest BCUT2D eigenvalue weighted by molar-refractivity contribution is 0.560. The molecule has 0 radical (unpaired) electrons. The van der Waals surface area contributed by atoms with E-state index in [1.807, 2.05) is 19.2 Å². The number of fused-ring (bicyclic) bond motifs is 2. The molecule has 19 heavy (non-hydrogen) atoms. The summed E-state index contributed by atoms with van der Waals surface area (Å²) in [5.41, 5.74) is 3.10. The Morgan fingerprint density at radius 3 is 2.58 bits per heavy atom. The Morgan fingerprint density at radius 2 is 1.84 bits per heavy atom. The van der Waals surface area contributed by atoms with Crippen LogP contribution in [0.4, 0.5) is 0 Å². The largest absolute Gasteiger partial charge is 0.464 e. The molecule has 2 heterocycles. The predicted molar refractivity (Wildman–Crippen MR) is 80.5 cm³/mol. The normalized spacial score (nSPS) is 13.4. The zero-order valence-electron chi connectivity index (χ0n) is 11.0. The molecular formula is C15H16BrNO2. The van der Waals surface area contributed by atoms with Gasteiger partial charge >= 0.3 is 0 Å². The van der Waals surface area contributed by atoms with E-state index in [-0.39, 0.29) is 0 Å². The fraction of sp³-hybridized carbons (Fsp3) is 0.333. The zero-order valence-corrected chi connectivity index (χ0v) is 12.6. The molecule has 0 saturated heterocycles. The second-order valence-electron chi connectivity index (χ2n) is 4.85. The second-order valence-corrected chi connectivity index (χ2v) is 5.64. The quantitative estimate of drug-likeness (QED) is 0.769. The number of furan rings is 2. The number of halogens is 1. The van der Waals surface area contributed by atoms with Crippen LogP contribution in [0, 0.1) is 0 Å². The molecule has 1 N–H and O–H groups in total. The number of hydrogen-bond donors (Lipinski definition) is 1. The molecule has 0 fully saturated rings. The highest BCUT2D eigenvalue weighted by Crippen LogP contribution is 2.38. The summed E-state index contributed by atoms with van der Waals surface area (Å²) < 4.78 is 12.3. The molecule has 100 valence electrons. The van der Waals surface area contributed by atoms with Gasteiger partial charge in [0, 0.05) is 22.4 Å². The van der Waals surface area contributed by atoms with Crippen molar-refractivity contribution < 1.29 is 8.83 Å². The van der Waals surface area contributed by atoms with Crippen LogP contribution in [0.3, 0.4) is 0 Å². The fourth-order valence-electron chi connectivity index (χ4n) is 2.43. The average molecular weight is 322 g/mol. The van der Waals surface area contributed by atoms with Gasteiger partial charge < -0.3 is 14.2 Å². The van der Waals surface area contributed by atoms with Crippen LogP contribution in [-0.2, 0) is 6.42 Å². The van der Waals surface area contributed by atoms with Crippen molar-refractivity contribution in [3.63, 3.8) is 0 Å². The number of nitrogens with one attached hydrogen (secondary N) is 1. The van der Waals surface area contributed by atoms with Gasteiger partial charge in [-0.15, -0.1) is 0 Å². The van der Waals surface area contributed by atoms with E-state index in [0.717, 1.165) is 39.3 Å². The molecule has 4 heteroatoms. The number of benzene rings is 1. The molecule has 2 aromatic heterocycles. The van der Waals surface area contributed by atoms with Crippen molar-refractivity contribution in [2.24, 2.45) is 0 Å². The van der Waals surface area contributed by atoms with Crippen LogP contribution in [0.2, 0.25) is 0 Å². The van der Waals surface area contributed by atoms with Crippen molar-refractivity contribution in [2.75, 3.05) is 7.05 Å². The van der Waals surface area contributed by atoms with Gasteiger partial charge in [0.25, 0.3) is 0 Å². The first-order valence-electron chi connectivity index (χ1n) is 6.44. The average Bonchev–Trinajstić information content (AvgIpc) is 3.06. The topological polar surface area (TPSA) is 38.3 Å². The summed E-state index contributed by atoms with van der Waals surface area (Å²) in [7, 11) is 1.99. The Hall–Kier alpha value is -1.26. The third-order valence-corrected chi connectivity index (χ3v) is 4.47. The standard InChI is InChI=1S/C15H16BrNO2/c1-9(17-2)3-4-10-11-5-7-19-15(11)13(16)12-6-8-18-14(10)12/h5-9,17H,3-4H2,1-2H3. The van der Waals surface area contributed by atoms with Gasteiger partial charge in [-0.3, -0.25) is 0 Å². The Balaban J connectivity index is 2.15. The summed E-state index contributed by atoms with van der Waals surface area (Å²) in [5, 5.41) is 5.48. The minimum absolute atomic E-state index is 0.482. The molecular weight excluding hydrogens is 306 g/mol. The molecule has 0 aliphatic carbocycles. The van der Waals surface area contributed by atoms with E-state index < -0.39 is 0 Å². The summed E-state index contributed by atoms with van der Waals surface area (Å²) >= 11 is 3.60. The van der Waals surface area contributed by atoms with E-state index in [1.54, 1.807) is 12.5 Å². The van der Waals surface area contributed by atoms with Crippen molar-refractivity contribution in [3.8, 4) is 0 Å². The van der Waals surface area contributed by atoms with Gasteiger partial charge in [-0.25, -0.2) is 0 Å². The van der Waals surface area contributed by atoms with E-state index in [1.165, 1.54) is 5.56 Å². The molecule has 0 saturated carbocycles. The van der Waals surface area contributed by atoms with Crippen LogP contribution < -0.4 is 5.32 Å². The van der Waals surface area contributed by atoms with Crippen molar-refractivity contribution in [2.45, 2.75) is 25.8 Å². The van der Waals surface area contributed by atoms with Crippen LogP contribution in [0.5, 0.6) is 0 Å². The Morgan fingerprint density at radius 1 is 1.16 bits per heavy atom. The molecule has 1 aromatic carbocycles. The Labute approximate surface area is 120 Å². The van der Waals surface area contributed by atoms with Crippen molar-refractivity contribution in [1.82, 2.24) is 5.32 Å². The molecule has 0 spiro atoms. The maximum Gasteiger partial charge on any atom is 0.149 e. The first-order chi connectivity index (χ1) is 9.22. The second kappa shape index (κ2) is 5.02. The summed E-state index contributed by atoms with van der Waals surface area (Å²) in [6.45, 7) is 2.19. The molecule has 1 unspecified atom stereocenters. The fourth-order valence-corrected chi connectivity index (χ4v) is 3.05. The highest BCUT2D eigenvalue weighted by atomic mass is 79.9. The molecule has 0 aliphatic rings. The molecule has 3 aromatic rings. The predicted octanol–water partition coefficient (Wildman–Crippen LogP) is 4.48. The monoisotopic (exact) mass is 321 g/mol. The van der Waals surface area contributed by atoms with Crippen LogP contribution in [0.15, 0.2) is 38.0 Å². The minimum Gasteiger partial charge on any atom is -0.464 e. The number of rotatable bonds is 4. The van der Waals surface area contributed by atoms with Crippen LogP contribution >= 0.6 is 15.9 Å². The van der Waals surface area contributed by atoms with Crippen molar-refractivity contribution in [3.05, 3.63) is 34.7 Å². The van der Waals surface area contributed by atoms with Gasteiger partial charge in [0.15, 0.2) is 0 Å². The van der Waals surface area contributed by atoms with Crippen molar-refractivity contribution >= 4 is 37.9 Å². The van der Waals surface area contributed by atoms with E-state index >= 15 is 0 Å². The lowest BCUT2D eigenvalue weighted by atomic mass is 10.0. The zero-order chi connectivity index (χ0) is 13.4. The third kappa shape index (κ3) is 2.09. The van der Waals surface area contributed by atoms with Crippen molar-refractivity contribution in [1.29, 1.82) is 0 Å². The minimum atomic E-state index is 0.482. The molecule has 3 rings (SSSR count). The summed E-state index contributed by atoms with van der Waals surface area (Å²) in [6.07, 6.45) is 5.50. The van der Waals surface area contributed by atoms with Crippen LogP contribution in [-0.4, -0.2) is 13.1 Å². The first kappa shape index (κ1) is 12.8. The highest BCUT2D eigenvalue weighted by Gasteiger charge is 2.17. The van der Waals surface area contributed by atoms with E-state index in [0.29, 0.717) is 6.04 Å². The first-order valence-corrected chi connectivity index (χ1v) is 7.23. The molecule has 0 aliphatic heterocycles. The maximum atomic E-state index is 5.68. The van der Waals surface area contributed by atoms with Crippen LogP contribution in [0.25, 0.3) is 21.9 Å². The van der Waals surface area contributed by atoms with Gasteiger partial charge in [-0.1, -0.05) is 0 Å². The van der Waals surface area contributed by atoms with Gasteiger partial charge in [-0.2, -0.15) is 0 Å².